The minimum Gasteiger partial charge on any atom is -0.454 e. The van der Waals surface area contributed by atoms with Crippen LogP contribution in [0, 0.1) is 5.82 Å². The molecule has 0 N–H and O–H groups in total. The molecule has 0 spiro atoms. The monoisotopic (exact) mass is 484 g/mol. The molecule has 0 aliphatic carbocycles. The predicted octanol–water partition coefficient (Wildman–Crippen LogP) is 3.93. The molecule has 4 rings (SSSR count). The molecule has 0 fully saturated rings. The fraction of sp³-hybridized carbons (Fsp3) is 0.280. The Hall–Kier alpha value is -3.43. The lowest BCUT2D eigenvalue weighted by molar-refractivity contribution is -0.133. The minimum atomic E-state index is -0.508. The predicted molar refractivity (Wildman–Crippen MR) is 125 cm³/mol. The molecule has 1 aliphatic heterocycles. The van der Waals surface area contributed by atoms with Crippen LogP contribution in [0.4, 0.5) is 4.39 Å². The van der Waals surface area contributed by atoms with E-state index in [-0.39, 0.29) is 38.0 Å². The summed E-state index contributed by atoms with van der Waals surface area (Å²) in [6.07, 6.45) is 0. The van der Waals surface area contributed by atoms with Crippen molar-refractivity contribution < 1.29 is 28.2 Å². The van der Waals surface area contributed by atoms with Gasteiger partial charge in [0.25, 0.3) is 5.91 Å². The van der Waals surface area contributed by atoms with E-state index in [0.717, 1.165) is 10.4 Å². The first-order valence-corrected chi connectivity index (χ1v) is 11.6. The van der Waals surface area contributed by atoms with Crippen LogP contribution in [0.3, 0.4) is 0 Å². The molecule has 2 heterocycles. The molecule has 178 valence electrons. The van der Waals surface area contributed by atoms with Gasteiger partial charge in [-0.3, -0.25) is 9.59 Å². The summed E-state index contributed by atoms with van der Waals surface area (Å²) in [7, 11) is 1.52. The number of ether oxygens (including phenoxy) is 3. The van der Waals surface area contributed by atoms with Crippen LogP contribution in [0.5, 0.6) is 11.5 Å². The first-order valence-electron chi connectivity index (χ1n) is 10.8. The first kappa shape index (κ1) is 23.7. The van der Waals surface area contributed by atoms with E-state index in [1.807, 2.05) is 35.7 Å². The molecule has 1 aromatic heterocycles. The number of halogens is 1. The molecule has 0 saturated heterocycles. The third kappa shape index (κ3) is 5.92. The van der Waals surface area contributed by atoms with Crippen molar-refractivity contribution >= 4 is 23.2 Å². The van der Waals surface area contributed by atoms with Crippen molar-refractivity contribution in [3.8, 4) is 11.5 Å². The number of carbonyl (C=O) groups excluding carboxylic acids is 2. The van der Waals surface area contributed by atoms with E-state index in [9.17, 15) is 14.0 Å². The van der Waals surface area contributed by atoms with E-state index in [4.69, 9.17) is 14.2 Å². The summed E-state index contributed by atoms with van der Waals surface area (Å²) in [5.74, 6) is 0.150. The molecule has 1 aliphatic rings. The molecule has 0 atom stereocenters. The van der Waals surface area contributed by atoms with Crippen molar-refractivity contribution in [3.63, 3.8) is 0 Å². The second-order valence-corrected chi connectivity index (χ2v) is 8.78. The highest BCUT2D eigenvalue weighted by Crippen LogP contribution is 2.33. The van der Waals surface area contributed by atoms with Gasteiger partial charge in [0.1, 0.15) is 12.4 Å². The Bertz CT molecular complexity index is 1140. The van der Waals surface area contributed by atoms with Gasteiger partial charge in [-0.1, -0.05) is 18.2 Å². The van der Waals surface area contributed by atoms with E-state index in [2.05, 4.69) is 0 Å². The number of rotatable bonds is 10. The SMILES string of the molecule is COCCN(CC(=O)N(Cc1ccc2c(c1)OCO2)Cc1cccs1)C(=O)c1cccc(F)c1. The summed E-state index contributed by atoms with van der Waals surface area (Å²) in [6, 6.07) is 14.9. The number of carbonyl (C=O) groups is 2. The van der Waals surface area contributed by atoms with Crippen molar-refractivity contribution in [2.75, 3.05) is 33.6 Å². The van der Waals surface area contributed by atoms with E-state index < -0.39 is 11.7 Å². The second kappa shape index (κ2) is 11.1. The maximum atomic E-state index is 13.7. The highest BCUT2D eigenvalue weighted by Gasteiger charge is 2.24. The molecule has 0 saturated carbocycles. The van der Waals surface area contributed by atoms with Crippen molar-refractivity contribution in [2.45, 2.75) is 13.1 Å². The van der Waals surface area contributed by atoms with Gasteiger partial charge in [-0.15, -0.1) is 11.3 Å². The third-order valence-electron chi connectivity index (χ3n) is 5.34. The Labute approximate surface area is 201 Å². The number of amides is 2. The number of fused-ring (bicyclic) bond motifs is 1. The highest BCUT2D eigenvalue weighted by atomic mass is 32.1. The zero-order chi connectivity index (χ0) is 23.9. The summed E-state index contributed by atoms with van der Waals surface area (Å²) < 4.78 is 29.7. The quantitative estimate of drug-likeness (QED) is 0.436. The van der Waals surface area contributed by atoms with E-state index in [0.29, 0.717) is 24.6 Å². The van der Waals surface area contributed by atoms with E-state index in [1.54, 1.807) is 16.2 Å². The molecule has 0 bridgehead atoms. The van der Waals surface area contributed by atoms with Gasteiger partial charge in [0, 0.05) is 30.6 Å². The Kier molecular flexibility index (Phi) is 7.76. The molecular weight excluding hydrogens is 459 g/mol. The van der Waals surface area contributed by atoms with Crippen molar-refractivity contribution in [2.24, 2.45) is 0 Å². The van der Waals surface area contributed by atoms with E-state index in [1.165, 1.54) is 36.3 Å². The summed E-state index contributed by atoms with van der Waals surface area (Å²) >= 11 is 1.56. The lowest BCUT2D eigenvalue weighted by atomic mass is 10.1. The van der Waals surface area contributed by atoms with Gasteiger partial charge in [-0.05, 0) is 47.3 Å². The van der Waals surface area contributed by atoms with Crippen LogP contribution in [-0.2, 0) is 22.6 Å². The zero-order valence-electron chi connectivity index (χ0n) is 18.7. The molecule has 3 aromatic rings. The Balaban J connectivity index is 1.53. The first-order chi connectivity index (χ1) is 16.5. The molecular formula is C25H25FN2O5S. The van der Waals surface area contributed by atoms with Gasteiger partial charge < -0.3 is 24.0 Å². The van der Waals surface area contributed by atoms with Gasteiger partial charge in [0.2, 0.25) is 12.7 Å². The standard InChI is InChI=1S/C25H25FN2O5S/c1-31-10-9-27(25(30)19-4-2-5-20(26)13-19)16-24(29)28(15-21-6-3-11-34-21)14-18-7-8-22-23(12-18)33-17-32-22/h2-8,11-13H,9-10,14-17H2,1H3. The van der Waals surface area contributed by atoms with E-state index >= 15 is 0 Å². The lowest BCUT2D eigenvalue weighted by Crippen LogP contribution is -2.43. The normalized spacial score (nSPS) is 11.9. The molecule has 2 aromatic carbocycles. The van der Waals surface area contributed by atoms with Crippen LogP contribution >= 0.6 is 11.3 Å². The van der Waals surface area contributed by atoms with Gasteiger partial charge in [0.05, 0.1) is 13.2 Å². The maximum absolute atomic E-state index is 13.7. The van der Waals surface area contributed by atoms with Crippen LogP contribution in [0.2, 0.25) is 0 Å². The van der Waals surface area contributed by atoms with Gasteiger partial charge >= 0.3 is 0 Å². The Morgan fingerprint density at radius 1 is 1.03 bits per heavy atom. The van der Waals surface area contributed by atoms with Crippen molar-refractivity contribution in [1.29, 1.82) is 0 Å². The summed E-state index contributed by atoms with van der Waals surface area (Å²) in [5, 5.41) is 1.96. The molecule has 2 amide bonds. The maximum Gasteiger partial charge on any atom is 0.254 e. The average Bonchev–Trinajstić information content (AvgIpc) is 3.52. The zero-order valence-corrected chi connectivity index (χ0v) is 19.6. The van der Waals surface area contributed by atoms with Gasteiger partial charge in [-0.2, -0.15) is 0 Å². The number of nitrogens with zero attached hydrogens (tertiary/aromatic N) is 2. The smallest absolute Gasteiger partial charge is 0.254 e. The molecule has 0 radical (unpaired) electrons. The van der Waals surface area contributed by atoms with Gasteiger partial charge in [0.15, 0.2) is 11.5 Å². The second-order valence-electron chi connectivity index (χ2n) is 7.75. The van der Waals surface area contributed by atoms with Crippen molar-refractivity contribution in [1.82, 2.24) is 9.80 Å². The molecule has 9 heteroatoms. The number of thiophene rings is 1. The topological polar surface area (TPSA) is 68.3 Å². The molecule has 7 nitrogen and oxygen atoms in total. The van der Waals surface area contributed by atoms with Crippen LogP contribution < -0.4 is 9.47 Å². The largest absolute Gasteiger partial charge is 0.454 e. The number of benzene rings is 2. The van der Waals surface area contributed by atoms with Crippen LogP contribution in [0.15, 0.2) is 60.0 Å². The number of hydrogen-bond acceptors (Lipinski definition) is 6. The van der Waals surface area contributed by atoms with Crippen LogP contribution in [-0.4, -0.2) is 55.2 Å². The van der Waals surface area contributed by atoms with Crippen molar-refractivity contribution in [3.05, 3.63) is 81.8 Å². The van der Waals surface area contributed by atoms with Gasteiger partial charge in [-0.25, -0.2) is 4.39 Å². The summed E-state index contributed by atoms with van der Waals surface area (Å²) in [5.41, 5.74) is 1.07. The average molecular weight is 485 g/mol. The summed E-state index contributed by atoms with van der Waals surface area (Å²) in [4.78, 5) is 30.6. The molecule has 0 unspecified atom stereocenters. The fourth-order valence-corrected chi connectivity index (χ4v) is 4.32. The number of hydrogen-bond donors (Lipinski definition) is 0. The summed E-state index contributed by atoms with van der Waals surface area (Å²) in [6.45, 7) is 1.20. The lowest BCUT2D eigenvalue weighted by Gasteiger charge is -2.27. The Morgan fingerprint density at radius 2 is 1.88 bits per heavy atom. The molecule has 34 heavy (non-hydrogen) atoms. The minimum absolute atomic E-state index is 0.158. The highest BCUT2D eigenvalue weighted by molar-refractivity contribution is 7.09. The fourth-order valence-electron chi connectivity index (χ4n) is 3.60. The Morgan fingerprint density at radius 3 is 2.65 bits per heavy atom. The van der Waals surface area contributed by atoms with Crippen LogP contribution in [0.25, 0.3) is 0 Å². The van der Waals surface area contributed by atoms with Crippen LogP contribution in [0.1, 0.15) is 20.8 Å². The number of methoxy groups -OCH3 is 1. The third-order valence-corrected chi connectivity index (χ3v) is 6.20.